The normalized spacial score (nSPS) is 12.3. The number of amides is 1. The number of carbonyl (C=O) groups excluding carboxylic acids is 1. The molecular formula is C17H19ClN2O4S. The Bertz CT molecular complexity index is 853. The topological polar surface area (TPSA) is 75.7 Å². The number of para-hydroxylation sites is 1. The molecule has 2 aromatic carbocycles. The Morgan fingerprint density at radius 2 is 1.76 bits per heavy atom. The van der Waals surface area contributed by atoms with Crippen LogP contribution in [0.1, 0.15) is 6.92 Å². The molecule has 0 saturated heterocycles. The van der Waals surface area contributed by atoms with Crippen molar-refractivity contribution in [3.63, 3.8) is 0 Å². The number of nitrogens with one attached hydrogen (secondary N) is 1. The zero-order valence-electron chi connectivity index (χ0n) is 14.1. The van der Waals surface area contributed by atoms with Crippen molar-refractivity contribution >= 4 is 38.9 Å². The fourth-order valence-corrected chi connectivity index (χ4v) is 3.70. The third-order valence-corrected chi connectivity index (χ3v) is 5.12. The molecule has 0 fully saturated rings. The van der Waals surface area contributed by atoms with Gasteiger partial charge in [-0.1, -0.05) is 23.7 Å². The molecule has 0 bridgehead atoms. The van der Waals surface area contributed by atoms with Crippen molar-refractivity contribution in [1.82, 2.24) is 0 Å². The van der Waals surface area contributed by atoms with Gasteiger partial charge in [-0.15, -0.1) is 0 Å². The zero-order chi connectivity index (χ0) is 18.6. The number of sulfonamides is 1. The Hall–Kier alpha value is -2.25. The fraction of sp³-hybridized carbons (Fsp3) is 0.235. The molecular weight excluding hydrogens is 364 g/mol. The third-order valence-electron chi connectivity index (χ3n) is 3.55. The first-order valence-electron chi connectivity index (χ1n) is 7.43. The minimum absolute atomic E-state index is 0.366. The lowest BCUT2D eigenvalue weighted by molar-refractivity contribution is -0.116. The molecule has 0 spiro atoms. The highest BCUT2D eigenvalue weighted by atomic mass is 35.5. The molecule has 0 aliphatic heterocycles. The highest BCUT2D eigenvalue weighted by Crippen LogP contribution is 2.25. The lowest BCUT2D eigenvalue weighted by Gasteiger charge is -2.28. The molecule has 2 aromatic rings. The van der Waals surface area contributed by atoms with E-state index in [1.54, 1.807) is 48.5 Å². The molecule has 0 aliphatic rings. The number of nitrogens with zero attached hydrogens (tertiary/aromatic N) is 1. The average molecular weight is 383 g/mol. The molecule has 0 aliphatic carbocycles. The highest BCUT2D eigenvalue weighted by molar-refractivity contribution is 7.92. The molecule has 1 atom stereocenters. The maximum absolute atomic E-state index is 12.5. The quantitative estimate of drug-likeness (QED) is 0.832. The number of hydrogen-bond donors (Lipinski definition) is 1. The minimum Gasteiger partial charge on any atom is -0.497 e. The number of ether oxygens (including phenoxy) is 1. The Balaban J connectivity index is 2.31. The first-order valence-corrected chi connectivity index (χ1v) is 9.65. The van der Waals surface area contributed by atoms with Gasteiger partial charge in [0.15, 0.2) is 0 Å². The van der Waals surface area contributed by atoms with Gasteiger partial charge in [0.2, 0.25) is 15.9 Å². The van der Waals surface area contributed by atoms with Gasteiger partial charge < -0.3 is 10.1 Å². The Morgan fingerprint density at radius 1 is 1.16 bits per heavy atom. The van der Waals surface area contributed by atoms with Crippen molar-refractivity contribution in [2.75, 3.05) is 23.0 Å². The van der Waals surface area contributed by atoms with Crippen molar-refractivity contribution < 1.29 is 17.9 Å². The molecule has 1 amide bonds. The van der Waals surface area contributed by atoms with Crippen LogP contribution in [0.15, 0.2) is 48.5 Å². The maximum atomic E-state index is 12.5. The summed E-state index contributed by atoms with van der Waals surface area (Å²) in [6, 6.07) is 12.2. The highest BCUT2D eigenvalue weighted by Gasteiger charge is 2.29. The van der Waals surface area contributed by atoms with E-state index in [1.807, 2.05) is 0 Å². The van der Waals surface area contributed by atoms with E-state index < -0.39 is 22.0 Å². The van der Waals surface area contributed by atoms with Gasteiger partial charge in [-0.05, 0) is 43.3 Å². The van der Waals surface area contributed by atoms with E-state index in [0.717, 1.165) is 10.6 Å². The molecule has 0 aromatic heterocycles. The maximum Gasteiger partial charge on any atom is 0.248 e. The molecule has 0 unspecified atom stereocenters. The van der Waals surface area contributed by atoms with Crippen LogP contribution >= 0.6 is 11.6 Å². The van der Waals surface area contributed by atoms with E-state index in [0.29, 0.717) is 22.1 Å². The van der Waals surface area contributed by atoms with Gasteiger partial charge in [0.25, 0.3) is 0 Å². The van der Waals surface area contributed by atoms with Gasteiger partial charge >= 0.3 is 0 Å². The Morgan fingerprint density at radius 3 is 2.28 bits per heavy atom. The summed E-state index contributed by atoms with van der Waals surface area (Å²) < 4.78 is 30.6. The van der Waals surface area contributed by atoms with Crippen LogP contribution in [0.3, 0.4) is 0 Å². The number of methoxy groups -OCH3 is 1. The average Bonchev–Trinajstić information content (AvgIpc) is 2.56. The number of rotatable bonds is 6. The molecule has 6 nitrogen and oxygen atoms in total. The summed E-state index contributed by atoms with van der Waals surface area (Å²) in [5.74, 6) is 0.0970. The van der Waals surface area contributed by atoms with Crippen molar-refractivity contribution in [3.8, 4) is 5.75 Å². The number of carbonyl (C=O) groups is 1. The largest absolute Gasteiger partial charge is 0.497 e. The first-order chi connectivity index (χ1) is 11.7. The third kappa shape index (κ3) is 4.64. The molecule has 0 radical (unpaired) electrons. The van der Waals surface area contributed by atoms with E-state index in [-0.39, 0.29) is 0 Å². The van der Waals surface area contributed by atoms with E-state index in [4.69, 9.17) is 16.3 Å². The first kappa shape index (κ1) is 19.1. The van der Waals surface area contributed by atoms with Crippen molar-refractivity contribution in [2.45, 2.75) is 13.0 Å². The van der Waals surface area contributed by atoms with Crippen LogP contribution in [-0.4, -0.2) is 33.7 Å². The van der Waals surface area contributed by atoms with Crippen LogP contribution < -0.4 is 14.4 Å². The predicted octanol–water partition coefficient (Wildman–Crippen LogP) is 3.14. The summed E-state index contributed by atoms with van der Waals surface area (Å²) >= 11 is 6.03. The van der Waals surface area contributed by atoms with Crippen LogP contribution in [0.4, 0.5) is 11.4 Å². The van der Waals surface area contributed by atoms with Crippen molar-refractivity contribution in [3.05, 3.63) is 53.6 Å². The molecule has 134 valence electrons. The van der Waals surface area contributed by atoms with Crippen LogP contribution in [0.2, 0.25) is 5.02 Å². The Kier molecular flexibility index (Phi) is 5.92. The summed E-state index contributed by atoms with van der Waals surface area (Å²) in [6.45, 7) is 1.51. The van der Waals surface area contributed by atoms with E-state index in [2.05, 4.69) is 5.32 Å². The van der Waals surface area contributed by atoms with Crippen molar-refractivity contribution in [1.29, 1.82) is 0 Å². The monoisotopic (exact) mass is 382 g/mol. The smallest absolute Gasteiger partial charge is 0.248 e. The predicted molar refractivity (Wildman–Crippen MR) is 99.9 cm³/mol. The molecule has 25 heavy (non-hydrogen) atoms. The Labute approximate surface area is 152 Å². The summed E-state index contributed by atoms with van der Waals surface area (Å²) in [5.41, 5.74) is 0.786. The van der Waals surface area contributed by atoms with Crippen LogP contribution in [0, 0.1) is 0 Å². The number of halogens is 1. The van der Waals surface area contributed by atoms with E-state index >= 15 is 0 Å². The van der Waals surface area contributed by atoms with Crippen molar-refractivity contribution in [2.24, 2.45) is 0 Å². The summed E-state index contributed by atoms with van der Waals surface area (Å²) in [5, 5.41) is 3.03. The van der Waals surface area contributed by atoms with Gasteiger partial charge in [-0.2, -0.15) is 0 Å². The van der Waals surface area contributed by atoms with Gasteiger partial charge in [-0.25, -0.2) is 8.42 Å². The molecule has 0 heterocycles. The van der Waals surface area contributed by atoms with Gasteiger partial charge in [-0.3, -0.25) is 9.10 Å². The molecule has 2 rings (SSSR count). The summed E-state index contributed by atoms with van der Waals surface area (Å²) in [6.07, 6.45) is 1.05. The van der Waals surface area contributed by atoms with Crippen LogP contribution in [0.25, 0.3) is 0 Å². The summed E-state index contributed by atoms with van der Waals surface area (Å²) in [4.78, 5) is 12.5. The zero-order valence-corrected chi connectivity index (χ0v) is 15.6. The second-order valence-corrected chi connectivity index (χ2v) is 7.67. The van der Waals surface area contributed by atoms with E-state index in [9.17, 15) is 13.2 Å². The second-order valence-electron chi connectivity index (χ2n) is 5.40. The van der Waals surface area contributed by atoms with Crippen LogP contribution in [0.5, 0.6) is 5.75 Å². The van der Waals surface area contributed by atoms with Crippen LogP contribution in [-0.2, 0) is 14.8 Å². The lowest BCUT2D eigenvalue weighted by atomic mass is 10.2. The fourth-order valence-electron chi connectivity index (χ4n) is 2.34. The number of hydrogen-bond acceptors (Lipinski definition) is 4. The SMILES string of the molecule is COc1ccc(N([C@@H](C)C(=O)Nc2ccccc2Cl)S(C)(=O)=O)cc1. The van der Waals surface area contributed by atoms with Gasteiger partial charge in [0.1, 0.15) is 11.8 Å². The summed E-state index contributed by atoms with van der Waals surface area (Å²) in [7, 11) is -2.17. The second kappa shape index (κ2) is 7.76. The van der Waals surface area contributed by atoms with E-state index in [1.165, 1.54) is 14.0 Å². The van der Waals surface area contributed by atoms with Gasteiger partial charge in [0.05, 0.1) is 29.8 Å². The van der Waals surface area contributed by atoms with Gasteiger partial charge in [0, 0.05) is 0 Å². The molecule has 8 heteroatoms. The standard InChI is InChI=1S/C17H19ClN2O4S/c1-12(17(21)19-16-7-5-4-6-15(16)18)20(25(3,22)23)13-8-10-14(24-2)11-9-13/h4-12H,1-3H3,(H,19,21)/t12-/m0/s1. The number of anilines is 2. The molecule has 1 N–H and O–H groups in total. The minimum atomic E-state index is -3.69. The molecule has 0 saturated carbocycles. The lowest BCUT2D eigenvalue weighted by Crippen LogP contribution is -2.45. The number of benzene rings is 2.